The van der Waals surface area contributed by atoms with Crippen LogP contribution in [-0.4, -0.2) is 22.7 Å². The summed E-state index contributed by atoms with van der Waals surface area (Å²) in [4.78, 5) is 16.0. The zero-order chi connectivity index (χ0) is 16.2. The number of benzene rings is 1. The molecule has 0 radical (unpaired) electrons. The molecule has 0 bridgehead atoms. The van der Waals surface area contributed by atoms with Crippen molar-refractivity contribution in [2.45, 2.75) is 39.2 Å². The number of hydrogen-bond acceptors (Lipinski definition) is 5. The SMILES string of the molecule is C[C@H](NC(=O)COc1nc(C(C)(C)C)no1)c1ccccc1. The minimum absolute atomic E-state index is 0.00689. The van der Waals surface area contributed by atoms with Gasteiger partial charge in [0.05, 0.1) is 6.04 Å². The Morgan fingerprint density at radius 1 is 1.32 bits per heavy atom. The first-order valence-corrected chi connectivity index (χ1v) is 7.17. The van der Waals surface area contributed by atoms with Crippen molar-refractivity contribution in [1.29, 1.82) is 0 Å². The number of nitrogens with one attached hydrogen (secondary N) is 1. The smallest absolute Gasteiger partial charge is 0.417 e. The van der Waals surface area contributed by atoms with E-state index in [9.17, 15) is 4.79 Å². The summed E-state index contributed by atoms with van der Waals surface area (Å²) >= 11 is 0. The van der Waals surface area contributed by atoms with Crippen LogP contribution in [0.4, 0.5) is 0 Å². The third-order valence-corrected chi connectivity index (χ3v) is 3.08. The maximum absolute atomic E-state index is 11.9. The lowest BCUT2D eigenvalue weighted by atomic mass is 9.96. The number of ether oxygens (including phenoxy) is 1. The maximum atomic E-state index is 11.9. The van der Waals surface area contributed by atoms with E-state index in [0.29, 0.717) is 5.82 Å². The van der Waals surface area contributed by atoms with Crippen molar-refractivity contribution in [3.63, 3.8) is 0 Å². The highest BCUT2D eigenvalue weighted by Gasteiger charge is 2.22. The van der Waals surface area contributed by atoms with E-state index in [0.717, 1.165) is 5.56 Å². The predicted molar refractivity (Wildman–Crippen MR) is 81.5 cm³/mol. The van der Waals surface area contributed by atoms with Crippen molar-refractivity contribution < 1.29 is 14.1 Å². The monoisotopic (exact) mass is 303 g/mol. The molecule has 0 aliphatic carbocycles. The van der Waals surface area contributed by atoms with Crippen molar-refractivity contribution in [2.24, 2.45) is 0 Å². The van der Waals surface area contributed by atoms with E-state index >= 15 is 0 Å². The molecule has 1 N–H and O–H groups in total. The van der Waals surface area contributed by atoms with Crippen molar-refractivity contribution in [3.05, 3.63) is 41.7 Å². The normalized spacial score (nSPS) is 12.7. The van der Waals surface area contributed by atoms with Crippen LogP contribution >= 0.6 is 0 Å². The van der Waals surface area contributed by atoms with Gasteiger partial charge in [-0.05, 0) is 12.5 Å². The van der Waals surface area contributed by atoms with Crippen molar-refractivity contribution in [2.75, 3.05) is 6.61 Å². The summed E-state index contributed by atoms with van der Waals surface area (Å²) in [7, 11) is 0. The molecule has 0 saturated carbocycles. The highest BCUT2D eigenvalue weighted by molar-refractivity contribution is 5.77. The summed E-state index contributed by atoms with van der Waals surface area (Å²) in [6.45, 7) is 7.65. The number of aromatic nitrogens is 2. The molecule has 1 heterocycles. The van der Waals surface area contributed by atoms with E-state index in [1.807, 2.05) is 58.0 Å². The minimum Gasteiger partial charge on any atom is -0.439 e. The summed E-state index contributed by atoms with van der Waals surface area (Å²) in [5.41, 5.74) is 0.804. The first-order valence-electron chi connectivity index (χ1n) is 7.17. The van der Waals surface area contributed by atoms with Crippen LogP contribution in [-0.2, 0) is 10.2 Å². The molecule has 1 atom stereocenters. The fraction of sp³-hybridized carbons (Fsp3) is 0.438. The number of amides is 1. The summed E-state index contributed by atoms with van der Waals surface area (Å²) in [5.74, 6) is 0.299. The zero-order valence-electron chi connectivity index (χ0n) is 13.3. The molecule has 1 aromatic carbocycles. The largest absolute Gasteiger partial charge is 0.439 e. The average molecular weight is 303 g/mol. The minimum atomic E-state index is -0.244. The molecule has 118 valence electrons. The predicted octanol–water partition coefficient (Wildman–Crippen LogP) is 2.62. The number of carbonyl (C=O) groups is 1. The quantitative estimate of drug-likeness (QED) is 0.918. The van der Waals surface area contributed by atoms with E-state index in [4.69, 9.17) is 9.26 Å². The highest BCUT2D eigenvalue weighted by Crippen LogP contribution is 2.20. The molecule has 1 aromatic heterocycles. The second-order valence-corrected chi connectivity index (χ2v) is 6.12. The Kier molecular flexibility index (Phi) is 4.80. The molecule has 6 heteroatoms. The molecule has 0 unspecified atom stereocenters. The van der Waals surface area contributed by atoms with E-state index in [1.54, 1.807) is 0 Å². The van der Waals surface area contributed by atoms with Gasteiger partial charge in [-0.2, -0.15) is 4.98 Å². The number of hydrogen-bond donors (Lipinski definition) is 1. The summed E-state index contributed by atoms with van der Waals surface area (Å²) in [6, 6.07) is 9.62. The van der Waals surface area contributed by atoms with Gasteiger partial charge in [0.15, 0.2) is 12.4 Å². The van der Waals surface area contributed by atoms with E-state index in [2.05, 4.69) is 15.5 Å². The lowest BCUT2D eigenvalue weighted by Crippen LogP contribution is -2.31. The molecule has 0 saturated heterocycles. The fourth-order valence-corrected chi connectivity index (χ4v) is 1.81. The van der Waals surface area contributed by atoms with Crippen LogP contribution < -0.4 is 10.1 Å². The van der Waals surface area contributed by atoms with Crippen molar-refractivity contribution in [1.82, 2.24) is 15.5 Å². The Morgan fingerprint density at radius 3 is 2.59 bits per heavy atom. The van der Waals surface area contributed by atoms with Gasteiger partial charge in [0.2, 0.25) is 0 Å². The van der Waals surface area contributed by atoms with Crippen LogP contribution in [0.15, 0.2) is 34.9 Å². The van der Waals surface area contributed by atoms with Gasteiger partial charge >= 0.3 is 6.08 Å². The van der Waals surface area contributed by atoms with E-state index in [-0.39, 0.29) is 30.0 Å². The first-order chi connectivity index (χ1) is 10.4. The second kappa shape index (κ2) is 6.60. The van der Waals surface area contributed by atoms with Gasteiger partial charge in [-0.25, -0.2) is 0 Å². The van der Waals surface area contributed by atoms with E-state index in [1.165, 1.54) is 0 Å². The molecule has 2 rings (SSSR count). The summed E-state index contributed by atoms with van der Waals surface area (Å²) < 4.78 is 10.2. The van der Waals surface area contributed by atoms with Gasteiger partial charge in [0.1, 0.15) is 0 Å². The van der Waals surface area contributed by atoms with E-state index < -0.39 is 0 Å². The van der Waals surface area contributed by atoms with Gasteiger partial charge in [0, 0.05) is 5.41 Å². The van der Waals surface area contributed by atoms with Gasteiger partial charge in [0.25, 0.3) is 5.91 Å². The van der Waals surface area contributed by atoms with Crippen LogP contribution in [0.3, 0.4) is 0 Å². The van der Waals surface area contributed by atoms with Gasteiger partial charge in [-0.1, -0.05) is 56.3 Å². The summed E-state index contributed by atoms with van der Waals surface area (Å²) in [5, 5.41) is 6.68. The lowest BCUT2D eigenvalue weighted by Gasteiger charge is -2.13. The molecular weight excluding hydrogens is 282 g/mol. The Balaban J connectivity index is 1.84. The number of rotatable bonds is 5. The maximum Gasteiger partial charge on any atom is 0.417 e. The number of nitrogens with zero attached hydrogens (tertiary/aromatic N) is 2. The highest BCUT2D eigenvalue weighted by atomic mass is 16.6. The summed E-state index contributed by atoms with van der Waals surface area (Å²) in [6.07, 6.45) is 0.00689. The Morgan fingerprint density at radius 2 is 2.00 bits per heavy atom. The molecule has 0 spiro atoms. The topological polar surface area (TPSA) is 77.2 Å². The zero-order valence-corrected chi connectivity index (χ0v) is 13.3. The van der Waals surface area contributed by atoms with Crippen molar-refractivity contribution >= 4 is 5.91 Å². The second-order valence-electron chi connectivity index (χ2n) is 6.12. The number of carbonyl (C=O) groups excluding carboxylic acids is 1. The Bertz CT molecular complexity index is 617. The molecule has 22 heavy (non-hydrogen) atoms. The lowest BCUT2D eigenvalue weighted by molar-refractivity contribution is -0.124. The average Bonchev–Trinajstić information content (AvgIpc) is 2.95. The third kappa shape index (κ3) is 4.31. The molecule has 1 amide bonds. The first kappa shape index (κ1) is 16.0. The van der Waals surface area contributed by atoms with Gasteiger partial charge in [-0.3, -0.25) is 9.32 Å². The third-order valence-electron chi connectivity index (χ3n) is 3.08. The molecule has 0 aliphatic rings. The molecule has 0 aliphatic heterocycles. The standard InChI is InChI=1S/C16H21N3O3/c1-11(12-8-6-5-7-9-12)17-13(20)10-21-15-18-14(19-22-15)16(2,3)4/h5-9,11H,10H2,1-4H3,(H,17,20)/t11-/m0/s1. The van der Waals surface area contributed by atoms with Crippen LogP contribution in [0.25, 0.3) is 0 Å². The van der Waals surface area contributed by atoms with Crippen LogP contribution in [0.2, 0.25) is 0 Å². The molecule has 6 nitrogen and oxygen atoms in total. The van der Waals surface area contributed by atoms with Crippen LogP contribution in [0.1, 0.15) is 45.1 Å². The molecule has 0 fully saturated rings. The Hall–Kier alpha value is -2.37. The molecular formula is C16H21N3O3. The van der Waals surface area contributed by atoms with Crippen LogP contribution in [0, 0.1) is 0 Å². The Labute approximate surface area is 129 Å². The van der Waals surface area contributed by atoms with Crippen molar-refractivity contribution in [3.8, 4) is 6.08 Å². The molecule has 2 aromatic rings. The fourth-order valence-electron chi connectivity index (χ4n) is 1.81. The van der Waals surface area contributed by atoms with Gasteiger partial charge in [-0.15, -0.1) is 0 Å². The van der Waals surface area contributed by atoms with Crippen LogP contribution in [0.5, 0.6) is 6.08 Å². The van der Waals surface area contributed by atoms with Gasteiger partial charge < -0.3 is 10.1 Å².